The van der Waals surface area contributed by atoms with Gasteiger partial charge in [0, 0.05) is 0 Å². The number of rotatable bonds is 1. The van der Waals surface area contributed by atoms with E-state index in [9.17, 15) is 0 Å². The summed E-state index contributed by atoms with van der Waals surface area (Å²) in [6.07, 6.45) is 0. The maximum atomic E-state index is 2.46. The first-order valence-electron chi connectivity index (χ1n) is 4.83. The Bertz CT molecular complexity index is 143. The van der Waals surface area contributed by atoms with Gasteiger partial charge in [0.25, 0.3) is 0 Å². The van der Waals surface area contributed by atoms with Crippen molar-refractivity contribution in [1.29, 1.82) is 0 Å². The van der Waals surface area contributed by atoms with E-state index in [0.29, 0.717) is 16.0 Å². The molecule has 71 valence electrons. The van der Waals surface area contributed by atoms with E-state index < -0.39 is 0 Å². The van der Waals surface area contributed by atoms with E-state index in [1.54, 1.807) is 0 Å². The summed E-state index contributed by atoms with van der Waals surface area (Å²) in [7, 11) is 2.46. The largest absolute Gasteiger partial charge is 0.125 e. The van der Waals surface area contributed by atoms with E-state index >= 15 is 0 Å². The zero-order chi connectivity index (χ0) is 10.2. The zero-order valence-corrected chi connectivity index (χ0v) is 10.1. The molecule has 0 amide bonds. The first kappa shape index (κ1) is 12.1. The Labute approximate surface area is 79.4 Å². The zero-order valence-electron chi connectivity index (χ0n) is 10.1. The van der Waals surface area contributed by atoms with Gasteiger partial charge in [-0.05, 0) is 5.41 Å². The quantitative estimate of drug-likeness (QED) is 0.514. The number of hydrogen-bond donors (Lipinski definition) is 0. The maximum Gasteiger partial charge on any atom is 0.125 e. The highest BCUT2D eigenvalue weighted by atomic mass is 14.3. The third-order valence-corrected chi connectivity index (χ3v) is 2.73. The summed E-state index contributed by atoms with van der Waals surface area (Å²) in [6, 6.07) is 0. The van der Waals surface area contributed by atoms with Crippen LogP contribution in [0.3, 0.4) is 0 Å². The molecule has 0 fully saturated rings. The van der Waals surface area contributed by atoms with E-state index in [-0.39, 0.29) is 0 Å². The molecule has 0 aliphatic rings. The summed E-state index contributed by atoms with van der Waals surface area (Å²) >= 11 is 0. The van der Waals surface area contributed by atoms with Crippen molar-refractivity contribution in [2.75, 3.05) is 0 Å². The Kier molecular flexibility index (Phi) is 3.10. The molecule has 1 radical (unpaired) electrons. The molecule has 0 aliphatic heterocycles. The summed E-state index contributed by atoms with van der Waals surface area (Å²) in [4.78, 5) is 0. The van der Waals surface area contributed by atoms with Crippen LogP contribution in [0.5, 0.6) is 0 Å². The fourth-order valence-corrected chi connectivity index (χ4v) is 1.30. The lowest BCUT2D eigenvalue weighted by atomic mass is 9.36. The summed E-state index contributed by atoms with van der Waals surface area (Å²) < 4.78 is 0. The molecule has 0 aromatic heterocycles. The first-order valence-corrected chi connectivity index (χ1v) is 4.83. The predicted octanol–water partition coefficient (Wildman–Crippen LogP) is 4.15. The fourth-order valence-electron chi connectivity index (χ4n) is 1.30. The molecular formula is C11H24B. The van der Waals surface area contributed by atoms with Crippen LogP contribution in [0, 0.1) is 5.41 Å². The lowest BCUT2D eigenvalue weighted by molar-refractivity contribution is 0.293. The Balaban J connectivity index is 4.44. The van der Waals surface area contributed by atoms with Crippen LogP contribution in [0.4, 0.5) is 0 Å². The Morgan fingerprint density at radius 2 is 1.00 bits per heavy atom. The van der Waals surface area contributed by atoms with Gasteiger partial charge in [0.15, 0.2) is 0 Å². The molecule has 0 aromatic carbocycles. The topological polar surface area (TPSA) is 0 Å². The van der Waals surface area contributed by atoms with Gasteiger partial charge >= 0.3 is 0 Å². The van der Waals surface area contributed by atoms with Gasteiger partial charge < -0.3 is 0 Å². The van der Waals surface area contributed by atoms with E-state index in [0.717, 1.165) is 0 Å². The Morgan fingerprint density at radius 3 is 1.08 bits per heavy atom. The van der Waals surface area contributed by atoms with Gasteiger partial charge in [0.1, 0.15) is 7.28 Å². The summed E-state index contributed by atoms with van der Waals surface area (Å²) in [6.45, 7) is 18.3. The maximum absolute atomic E-state index is 2.46. The van der Waals surface area contributed by atoms with E-state index in [1.807, 2.05) is 0 Å². The third kappa shape index (κ3) is 3.64. The van der Waals surface area contributed by atoms with Crippen LogP contribution in [0.25, 0.3) is 0 Å². The van der Waals surface area contributed by atoms with Gasteiger partial charge in [-0.1, -0.05) is 66.0 Å². The van der Waals surface area contributed by atoms with Crippen LogP contribution in [-0.2, 0) is 0 Å². The molecular weight excluding hydrogens is 143 g/mol. The minimum atomic E-state index is 0.297. The van der Waals surface area contributed by atoms with Crippen molar-refractivity contribution >= 4 is 7.28 Å². The SMILES string of the molecule is CC(C)(C)[B]C(C)(C)C(C)(C)C. The van der Waals surface area contributed by atoms with E-state index in [1.165, 1.54) is 0 Å². The summed E-state index contributed by atoms with van der Waals surface area (Å²) in [5.74, 6) is 0. The Hall–Kier alpha value is 0.0649. The van der Waals surface area contributed by atoms with Gasteiger partial charge in [0.05, 0.1) is 0 Å². The monoisotopic (exact) mass is 167 g/mol. The smallest absolute Gasteiger partial charge is 0.0674 e. The molecule has 0 unspecified atom stereocenters. The van der Waals surface area contributed by atoms with Gasteiger partial charge in [-0.15, -0.1) is 0 Å². The number of hydrogen-bond acceptors (Lipinski definition) is 0. The molecule has 1 heteroatoms. The Morgan fingerprint density at radius 1 is 0.667 bits per heavy atom. The van der Waals surface area contributed by atoms with Crippen molar-refractivity contribution in [2.45, 2.75) is 66.0 Å². The van der Waals surface area contributed by atoms with Crippen molar-refractivity contribution in [3.05, 3.63) is 0 Å². The molecule has 0 saturated carbocycles. The average Bonchev–Trinajstić information content (AvgIpc) is 1.52. The van der Waals surface area contributed by atoms with Crippen molar-refractivity contribution in [3.63, 3.8) is 0 Å². The van der Waals surface area contributed by atoms with Crippen LogP contribution in [0.2, 0.25) is 10.6 Å². The molecule has 0 bridgehead atoms. The third-order valence-electron chi connectivity index (χ3n) is 2.73. The second-order valence-corrected chi connectivity index (χ2v) is 6.48. The molecule has 0 rings (SSSR count). The van der Waals surface area contributed by atoms with Crippen molar-refractivity contribution in [2.24, 2.45) is 5.41 Å². The van der Waals surface area contributed by atoms with E-state index in [2.05, 4.69) is 62.7 Å². The van der Waals surface area contributed by atoms with Crippen molar-refractivity contribution < 1.29 is 0 Å². The fraction of sp³-hybridized carbons (Fsp3) is 1.00. The molecule has 0 N–H and O–H groups in total. The molecule has 0 aliphatic carbocycles. The van der Waals surface area contributed by atoms with Crippen molar-refractivity contribution in [3.8, 4) is 0 Å². The van der Waals surface area contributed by atoms with Crippen LogP contribution in [0.15, 0.2) is 0 Å². The van der Waals surface area contributed by atoms with Gasteiger partial charge in [-0.2, -0.15) is 0 Å². The van der Waals surface area contributed by atoms with Gasteiger partial charge in [-0.25, -0.2) is 0 Å². The lowest BCUT2D eigenvalue weighted by Gasteiger charge is -2.42. The second kappa shape index (κ2) is 3.08. The van der Waals surface area contributed by atoms with Gasteiger partial charge in [0.2, 0.25) is 0 Å². The standard InChI is InChI=1S/C11H24B/c1-9(2,3)11(7,8)12-10(4,5)6/h1-8H3. The predicted molar refractivity (Wildman–Crippen MR) is 59.0 cm³/mol. The van der Waals surface area contributed by atoms with Crippen LogP contribution in [0.1, 0.15) is 55.4 Å². The normalized spacial score (nSPS) is 14.7. The van der Waals surface area contributed by atoms with Crippen LogP contribution in [-0.4, -0.2) is 7.28 Å². The molecule has 0 atom stereocenters. The van der Waals surface area contributed by atoms with Crippen LogP contribution < -0.4 is 0 Å². The minimum absolute atomic E-state index is 0.297. The summed E-state index contributed by atoms with van der Waals surface area (Å²) in [5.41, 5.74) is 0.348. The van der Waals surface area contributed by atoms with E-state index in [4.69, 9.17) is 0 Å². The second-order valence-electron chi connectivity index (χ2n) is 6.48. The first-order chi connectivity index (χ1) is 4.96. The molecule has 0 nitrogen and oxygen atoms in total. The molecule has 0 aromatic rings. The molecule has 0 spiro atoms. The van der Waals surface area contributed by atoms with Crippen LogP contribution >= 0.6 is 0 Å². The highest BCUT2D eigenvalue weighted by Crippen LogP contribution is 2.48. The average molecular weight is 167 g/mol. The van der Waals surface area contributed by atoms with Crippen molar-refractivity contribution in [1.82, 2.24) is 0 Å². The highest BCUT2D eigenvalue weighted by Gasteiger charge is 2.36. The molecule has 12 heavy (non-hydrogen) atoms. The highest BCUT2D eigenvalue weighted by molar-refractivity contribution is 6.43. The minimum Gasteiger partial charge on any atom is -0.0674 e. The van der Waals surface area contributed by atoms with Gasteiger partial charge in [-0.3, -0.25) is 0 Å². The molecule has 0 saturated heterocycles. The summed E-state index contributed by atoms with van der Waals surface area (Å²) in [5, 5.41) is 0.613. The molecule has 0 heterocycles. The lowest BCUT2D eigenvalue weighted by Crippen LogP contribution is -2.33.